The van der Waals surface area contributed by atoms with E-state index in [9.17, 15) is 13.2 Å². The van der Waals surface area contributed by atoms with Crippen molar-refractivity contribution < 1.29 is 22.7 Å². The lowest BCUT2D eigenvalue weighted by Gasteiger charge is -2.30. The average Bonchev–Trinajstić information content (AvgIpc) is 2.60. The normalized spacial score (nSPS) is 21.0. The number of carbonyl (C=O) groups excluding carboxylic acids is 1. The Morgan fingerprint density at radius 3 is 2.60 bits per heavy atom. The third kappa shape index (κ3) is 4.21. The topological polar surface area (TPSA) is 84.9 Å². The molecule has 0 spiro atoms. The Hall–Kier alpha value is -1.45. The number of piperidine rings is 1. The van der Waals surface area contributed by atoms with E-state index in [-0.39, 0.29) is 18.4 Å². The van der Waals surface area contributed by atoms with Crippen LogP contribution in [0.1, 0.15) is 12.8 Å². The van der Waals surface area contributed by atoms with Gasteiger partial charge >= 0.3 is 0 Å². The van der Waals surface area contributed by atoms with E-state index in [2.05, 4.69) is 5.32 Å². The number of carbonyl (C=O) groups is 1. The zero-order valence-corrected chi connectivity index (χ0v) is 15.9. The summed E-state index contributed by atoms with van der Waals surface area (Å²) in [5, 5.41) is 2.94. The second-order valence-electron chi connectivity index (χ2n) is 6.15. The van der Waals surface area contributed by atoms with Gasteiger partial charge in [-0.3, -0.25) is 4.79 Å². The van der Waals surface area contributed by atoms with Crippen molar-refractivity contribution in [2.24, 2.45) is 5.92 Å². The zero-order chi connectivity index (χ0) is 18.0. The maximum absolute atomic E-state index is 12.7. The lowest BCUT2D eigenvalue weighted by Crippen LogP contribution is -2.43. The highest BCUT2D eigenvalue weighted by atomic mass is 32.2. The van der Waals surface area contributed by atoms with Gasteiger partial charge in [-0.25, -0.2) is 12.7 Å². The molecule has 7 nitrogen and oxygen atoms in total. The van der Waals surface area contributed by atoms with E-state index in [1.54, 1.807) is 6.07 Å². The maximum atomic E-state index is 12.7. The first kappa shape index (κ1) is 18.3. The zero-order valence-electron chi connectivity index (χ0n) is 14.3. The van der Waals surface area contributed by atoms with Gasteiger partial charge in [0.2, 0.25) is 15.9 Å². The average molecular weight is 386 g/mol. The molecule has 0 radical (unpaired) electrons. The van der Waals surface area contributed by atoms with Gasteiger partial charge in [-0.05, 0) is 25.2 Å². The van der Waals surface area contributed by atoms with Gasteiger partial charge in [-0.2, -0.15) is 0 Å². The van der Waals surface area contributed by atoms with Gasteiger partial charge in [-0.15, -0.1) is 11.8 Å². The molecular weight excluding hydrogens is 364 g/mol. The molecule has 3 rings (SSSR count). The summed E-state index contributed by atoms with van der Waals surface area (Å²) in [6.07, 6.45) is 4.46. The lowest BCUT2D eigenvalue weighted by atomic mass is 9.98. The molecule has 1 unspecified atom stereocenters. The predicted molar refractivity (Wildman–Crippen MR) is 97.0 cm³/mol. The van der Waals surface area contributed by atoms with Gasteiger partial charge in [0.25, 0.3) is 0 Å². The molecule has 0 saturated carbocycles. The van der Waals surface area contributed by atoms with Crippen LogP contribution >= 0.6 is 11.8 Å². The first-order valence-corrected chi connectivity index (χ1v) is 11.2. The molecule has 1 saturated heterocycles. The van der Waals surface area contributed by atoms with Crippen molar-refractivity contribution in [3.05, 3.63) is 12.1 Å². The molecule has 1 amide bonds. The second-order valence-corrected chi connectivity index (χ2v) is 8.98. The van der Waals surface area contributed by atoms with Crippen LogP contribution in [0.25, 0.3) is 0 Å². The Kier molecular flexibility index (Phi) is 5.45. The van der Waals surface area contributed by atoms with E-state index < -0.39 is 10.0 Å². The van der Waals surface area contributed by atoms with E-state index in [1.807, 2.05) is 12.3 Å². The molecule has 0 aliphatic carbocycles. The summed E-state index contributed by atoms with van der Waals surface area (Å²) >= 11 is 1.51. The number of fused-ring (bicyclic) bond motifs is 1. The van der Waals surface area contributed by atoms with Crippen molar-refractivity contribution in [1.82, 2.24) is 4.31 Å². The quantitative estimate of drug-likeness (QED) is 0.794. The summed E-state index contributed by atoms with van der Waals surface area (Å²) in [7, 11) is -3.28. The molecule has 138 valence electrons. The number of nitrogens with zero attached hydrogens (tertiary/aromatic N) is 1. The molecule has 9 heteroatoms. The number of sulfonamides is 1. The van der Waals surface area contributed by atoms with Crippen LogP contribution in [0.4, 0.5) is 5.69 Å². The summed E-state index contributed by atoms with van der Waals surface area (Å²) in [6, 6.07) is 3.63. The van der Waals surface area contributed by atoms with Gasteiger partial charge < -0.3 is 14.8 Å². The highest BCUT2D eigenvalue weighted by Gasteiger charge is 2.30. The summed E-state index contributed by atoms with van der Waals surface area (Å²) < 4.78 is 36.0. The number of nitrogens with one attached hydrogen (secondary N) is 1. The monoisotopic (exact) mass is 386 g/mol. The third-order valence-corrected chi connectivity index (χ3v) is 6.39. The Morgan fingerprint density at radius 1 is 1.28 bits per heavy atom. The van der Waals surface area contributed by atoms with E-state index in [4.69, 9.17) is 9.47 Å². The summed E-state index contributed by atoms with van der Waals surface area (Å²) in [4.78, 5) is 13.5. The largest absolute Gasteiger partial charge is 0.486 e. The first-order chi connectivity index (χ1) is 11.9. The third-order valence-electron chi connectivity index (χ3n) is 4.35. The minimum absolute atomic E-state index is 0.166. The fraction of sp³-hybridized carbons (Fsp3) is 0.562. The Balaban J connectivity index is 1.76. The number of anilines is 1. The van der Waals surface area contributed by atoms with Crippen molar-refractivity contribution in [1.29, 1.82) is 0 Å². The number of amides is 1. The van der Waals surface area contributed by atoms with E-state index in [0.717, 1.165) is 4.90 Å². The maximum Gasteiger partial charge on any atom is 0.228 e. The van der Waals surface area contributed by atoms with Crippen molar-refractivity contribution in [2.75, 3.05) is 44.1 Å². The van der Waals surface area contributed by atoms with E-state index in [1.165, 1.54) is 22.3 Å². The Labute approximate surface area is 152 Å². The highest BCUT2D eigenvalue weighted by molar-refractivity contribution is 7.98. The van der Waals surface area contributed by atoms with Crippen LogP contribution in [0, 0.1) is 5.92 Å². The molecule has 0 aromatic heterocycles. The van der Waals surface area contributed by atoms with Crippen LogP contribution in [-0.4, -0.2) is 57.4 Å². The molecule has 0 bridgehead atoms. The van der Waals surface area contributed by atoms with Crippen molar-refractivity contribution >= 4 is 33.4 Å². The lowest BCUT2D eigenvalue weighted by molar-refractivity contribution is -0.120. The number of thioether (sulfide) groups is 1. The molecule has 1 atom stereocenters. The molecule has 1 aromatic rings. The van der Waals surface area contributed by atoms with Gasteiger partial charge in [0, 0.05) is 24.1 Å². The minimum Gasteiger partial charge on any atom is -0.486 e. The van der Waals surface area contributed by atoms with Crippen LogP contribution < -0.4 is 14.8 Å². The van der Waals surface area contributed by atoms with Gasteiger partial charge in [0.05, 0.1) is 17.9 Å². The summed E-state index contributed by atoms with van der Waals surface area (Å²) in [5.41, 5.74) is 0.665. The van der Waals surface area contributed by atoms with Gasteiger partial charge in [-0.1, -0.05) is 0 Å². The smallest absolute Gasteiger partial charge is 0.228 e. The fourth-order valence-electron chi connectivity index (χ4n) is 3.03. The number of benzene rings is 1. The predicted octanol–water partition coefficient (Wildman–Crippen LogP) is 1.79. The van der Waals surface area contributed by atoms with E-state index >= 15 is 0 Å². The molecular formula is C16H22N2O5S2. The van der Waals surface area contributed by atoms with Crippen molar-refractivity contribution in [2.45, 2.75) is 17.7 Å². The Morgan fingerprint density at radius 2 is 1.96 bits per heavy atom. The molecule has 25 heavy (non-hydrogen) atoms. The molecule has 2 aliphatic heterocycles. The number of hydrogen-bond acceptors (Lipinski definition) is 6. The molecule has 2 heterocycles. The standard InChI is InChI=1S/C16H22N2O5S2/c1-24-15-9-14-13(22-6-7-23-14)8-12(15)17-16(19)11-4-3-5-18(10-11)25(2,20)21/h8-9,11H,3-7,10H2,1-2H3,(H,17,19). The Bertz CT molecular complexity index is 766. The summed E-state index contributed by atoms with van der Waals surface area (Å²) in [6.45, 7) is 1.69. The van der Waals surface area contributed by atoms with Crippen LogP contribution in [0.15, 0.2) is 17.0 Å². The SMILES string of the molecule is CSc1cc2c(cc1NC(=O)C1CCCN(S(C)(=O)=O)C1)OCCO2. The molecule has 1 N–H and O–H groups in total. The van der Waals surface area contributed by atoms with Gasteiger partial charge in [0.15, 0.2) is 11.5 Å². The van der Waals surface area contributed by atoms with Crippen LogP contribution in [-0.2, 0) is 14.8 Å². The van der Waals surface area contributed by atoms with Crippen LogP contribution in [0.2, 0.25) is 0 Å². The van der Waals surface area contributed by atoms with Crippen molar-refractivity contribution in [3.8, 4) is 11.5 Å². The molecule has 1 aromatic carbocycles. The fourth-order valence-corrected chi connectivity index (χ4v) is 4.50. The molecule has 1 fully saturated rings. The van der Waals surface area contributed by atoms with E-state index in [0.29, 0.717) is 49.8 Å². The minimum atomic E-state index is -3.28. The second kappa shape index (κ2) is 7.43. The number of ether oxygens (including phenoxy) is 2. The number of hydrogen-bond donors (Lipinski definition) is 1. The number of rotatable bonds is 4. The van der Waals surface area contributed by atoms with Crippen LogP contribution in [0.3, 0.4) is 0 Å². The van der Waals surface area contributed by atoms with Crippen molar-refractivity contribution in [3.63, 3.8) is 0 Å². The van der Waals surface area contributed by atoms with Gasteiger partial charge in [0.1, 0.15) is 13.2 Å². The first-order valence-electron chi connectivity index (χ1n) is 8.12. The van der Waals surface area contributed by atoms with Crippen LogP contribution in [0.5, 0.6) is 11.5 Å². The highest BCUT2D eigenvalue weighted by Crippen LogP contribution is 2.39. The summed E-state index contributed by atoms with van der Waals surface area (Å²) in [5.74, 6) is 0.766. The molecule has 2 aliphatic rings.